The summed E-state index contributed by atoms with van der Waals surface area (Å²) in [5.41, 5.74) is 0.622. The lowest BCUT2D eigenvalue weighted by Crippen LogP contribution is -2.57. The van der Waals surface area contributed by atoms with Crippen LogP contribution in [0.2, 0.25) is 0 Å². The van der Waals surface area contributed by atoms with Crippen molar-refractivity contribution < 1.29 is 19.1 Å². The quantitative estimate of drug-likeness (QED) is 0.692. The second-order valence-corrected chi connectivity index (χ2v) is 5.31. The second kappa shape index (κ2) is 7.09. The highest BCUT2D eigenvalue weighted by Gasteiger charge is 2.28. The zero-order valence-electron chi connectivity index (χ0n) is 12.8. The molecular formula is C15H17N5O4. The van der Waals surface area contributed by atoms with Gasteiger partial charge < -0.3 is 25.1 Å². The third-order valence-corrected chi connectivity index (χ3v) is 3.64. The molecule has 126 valence electrons. The van der Waals surface area contributed by atoms with Gasteiger partial charge in [0.2, 0.25) is 5.91 Å². The van der Waals surface area contributed by atoms with Crippen molar-refractivity contribution in [1.82, 2.24) is 20.6 Å². The fraction of sp³-hybridized carbons (Fsp3) is 0.333. The molecule has 1 aliphatic heterocycles. The minimum Gasteiger partial charge on any atom is -0.476 e. The van der Waals surface area contributed by atoms with E-state index in [1.165, 1.54) is 0 Å². The Morgan fingerprint density at radius 1 is 1.46 bits per heavy atom. The van der Waals surface area contributed by atoms with Crippen molar-refractivity contribution in [2.75, 3.05) is 24.5 Å². The summed E-state index contributed by atoms with van der Waals surface area (Å²) in [5.74, 6) is -1.31. The van der Waals surface area contributed by atoms with E-state index in [9.17, 15) is 9.59 Å². The lowest BCUT2D eigenvalue weighted by atomic mass is 10.2. The summed E-state index contributed by atoms with van der Waals surface area (Å²) in [7, 11) is 0. The Hall–Kier alpha value is -2.94. The molecular weight excluding hydrogens is 314 g/mol. The van der Waals surface area contributed by atoms with Gasteiger partial charge in [0.1, 0.15) is 12.3 Å². The Balaban J connectivity index is 1.58. The van der Waals surface area contributed by atoms with E-state index in [1.54, 1.807) is 11.1 Å². The third kappa shape index (κ3) is 3.69. The maximum atomic E-state index is 12.3. The minimum atomic E-state index is -1.15. The number of amides is 1. The molecule has 0 aliphatic carbocycles. The van der Waals surface area contributed by atoms with Crippen molar-refractivity contribution in [3.8, 4) is 0 Å². The number of carbonyl (C=O) groups is 2. The van der Waals surface area contributed by atoms with Crippen LogP contribution in [0.3, 0.4) is 0 Å². The number of piperazine rings is 1. The number of hydrogen-bond acceptors (Lipinski definition) is 7. The SMILES string of the molecule is O=C(O)c1coc(N2CCNC(C(=O)NCc3ccccn3)C2)n1. The molecule has 0 aromatic carbocycles. The predicted octanol–water partition coefficient (Wildman–Crippen LogP) is -0.138. The Morgan fingerprint density at radius 3 is 3.04 bits per heavy atom. The molecule has 3 heterocycles. The lowest BCUT2D eigenvalue weighted by Gasteiger charge is -2.31. The minimum absolute atomic E-state index is 0.153. The first-order valence-electron chi connectivity index (χ1n) is 7.48. The van der Waals surface area contributed by atoms with Crippen molar-refractivity contribution in [2.45, 2.75) is 12.6 Å². The summed E-state index contributed by atoms with van der Waals surface area (Å²) >= 11 is 0. The van der Waals surface area contributed by atoms with Crippen molar-refractivity contribution in [1.29, 1.82) is 0 Å². The van der Waals surface area contributed by atoms with E-state index in [4.69, 9.17) is 9.52 Å². The van der Waals surface area contributed by atoms with Crippen molar-refractivity contribution in [3.63, 3.8) is 0 Å². The molecule has 2 aromatic heterocycles. The van der Waals surface area contributed by atoms with Crippen LogP contribution >= 0.6 is 0 Å². The van der Waals surface area contributed by atoms with Crippen LogP contribution in [0.5, 0.6) is 0 Å². The Labute approximate surface area is 137 Å². The number of carboxylic acids is 1. The van der Waals surface area contributed by atoms with Crippen LogP contribution in [0.4, 0.5) is 6.01 Å². The molecule has 1 atom stereocenters. The van der Waals surface area contributed by atoms with E-state index in [0.717, 1.165) is 12.0 Å². The smallest absolute Gasteiger partial charge is 0.357 e. The standard InChI is InChI=1S/C15H17N5O4/c21-13(18-7-10-3-1-2-4-16-10)11-8-20(6-5-17-11)15-19-12(9-24-15)14(22)23/h1-4,9,11,17H,5-8H2,(H,18,21)(H,22,23). The lowest BCUT2D eigenvalue weighted by molar-refractivity contribution is -0.123. The van der Waals surface area contributed by atoms with Gasteiger partial charge in [0.15, 0.2) is 5.69 Å². The van der Waals surface area contributed by atoms with E-state index in [0.29, 0.717) is 26.2 Å². The third-order valence-electron chi connectivity index (χ3n) is 3.64. The number of aromatic carboxylic acids is 1. The largest absolute Gasteiger partial charge is 0.476 e. The average molecular weight is 331 g/mol. The summed E-state index contributed by atoms with van der Waals surface area (Å²) in [4.78, 5) is 33.0. The predicted molar refractivity (Wildman–Crippen MR) is 83.5 cm³/mol. The molecule has 0 bridgehead atoms. The fourth-order valence-corrected chi connectivity index (χ4v) is 2.41. The fourth-order valence-electron chi connectivity index (χ4n) is 2.41. The number of carbonyl (C=O) groups excluding carboxylic acids is 1. The van der Waals surface area contributed by atoms with E-state index in [-0.39, 0.29) is 17.6 Å². The first kappa shape index (κ1) is 15.9. The number of anilines is 1. The number of aromatic nitrogens is 2. The van der Waals surface area contributed by atoms with E-state index in [1.807, 2.05) is 18.2 Å². The van der Waals surface area contributed by atoms with Crippen molar-refractivity contribution >= 4 is 17.9 Å². The van der Waals surface area contributed by atoms with Gasteiger partial charge in [-0.2, -0.15) is 4.98 Å². The van der Waals surface area contributed by atoms with Gasteiger partial charge in [-0.05, 0) is 12.1 Å². The first-order valence-corrected chi connectivity index (χ1v) is 7.48. The normalized spacial score (nSPS) is 17.5. The number of nitrogens with zero attached hydrogens (tertiary/aromatic N) is 3. The molecule has 0 spiro atoms. The second-order valence-electron chi connectivity index (χ2n) is 5.31. The Kier molecular flexibility index (Phi) is 4.71. The van der Waals surface area contributed by atoms with E-state index >= 15 is 0 Å². The first-order chi connectivity index (χ1) is 11.6. The summed E-state index contributed by atoms with van der Waals surface area (Å²) < 4.78 is 5.19. The molecule has 1 amide bonds. The molecule has 1 aliphatic rings. The van der Waals surface area contributed by atoms with Crippen LogP contribution in [0.1, 0.15) is 16.2 Å². The maximum Gasteiger partial charge on any atom is 0.357 e. The van der Waals surface area contributed by atoms with Gasteiger partial charge in [-0.15, -0.1) is 0 Å². The number of hydrogen-bond donors (Lipinski definition) is 3. The molecule has 1 fully saturated rings. The van der Waals surface area contributed by atoms with Gasteiger partial charge in [0.05, 0.1) is 12.2 Å². The van der Waals surface area contributed by atoms with Gasteiger partial charge in [-0.1, -0.05) is 6.07 Å². The summed E-state index contributed by atoms with van der Waals surface area (Å²) in [5, 5.41) is 14.8. The van der Waals surface area contributed by atoms with Crippen LogP contribution in [-0.4, -0.2) is 52.6 Å². The van der Waals surface area contributed by atoms with E-state index < -0.39 is 12.0 Å². The topological polar surface area (TPSA) is 121 Å². The number of rotatable bonds is 5. The van der Waals surface area contributed by atoms with Crippen molar-refractivity contribution in [2.24, 2.45) is 0 Å². The average Bonchev–Trinajstić information content (AvgIpc) is 3.11. The maximum absolute atomic E-state index is 12.3. The number of carboxylic acid groups (broad SMARTS) is 1. The van der Waals surface area contributed by atoms with Crippen LogP contribution in [0.15, 0.2) is 35.1 Å². The molecule has 3 rings (SSSR count). The van der Waals surface area contributed by atoms with Crippen LogP contribution in [-0.2, 0) is 11.3 Å². The molecule has 9 heteroatoms. The highest BCUT2D eigenvalue weighted by atomic mass is 16.4. The molecule has 2 aromatic rings. The number of nitrogens with one attached hydrogen (secondary N) is 2. The molecule has 0 saturated carbocycles. The highest BCUT2D eigenvalue weighted by molar-refractivity contribution is 5.85. The summed E-state index contributed by atoms with van der Waals surface area (Å²) in [6.45, 7) is 1.82. The van der Waals surface area contributed by atoms with Gasteiger partial charge in [-0.25, -0.2) is 4.79 Å². The van der Waals surface area contributed by atoms with E-state index in [2.05, 4.69) is 20.6 Å². The molecule has 24 heavy (non-hydrogen) atoms. The summed E-state index contributed by atoms with van der Waals surface area (Å²) in [6, 6.07) is 5.27. The Bertz CT molecular complexity index is 718. The number of pyridine rings is 1. The van der Waals surface area contributed by atoms with Crippen molar-refractivity contribution in [3.05, 3.63) is 42.0 Å². The number of oxazole rings is 1. The molecule has 0 radical (unpaired) electrons. The van der Waals surface area contributed by atoms with Gasteiger partial charge >= 0.3 is 5.97 Å². The molecule has 1 unspecified atom stereocenters. The molecule has 1 saturated heterocycles. The zero-order valence-corrected chi connectivity index (χ0v) is 12.8. The summed E-state index contributed by atoms with van der Waals surface area (Å²) in [6.07, 6.45) is 2.76. The zero-order chi connectivity index (χ0) is 16.9. The van der Waals surface area contributed by atoms with Crippen LogP contribution < -0.4 is 15.5 Å². The van der Waals surface area contributed by atoms with Gasteiger partial charge in [0.25, 0.3) is 6.01 Å². The molecule has 3 N–H and O–H groups in total. The van der Waals surface area contributed by atoms with Crippen LogP contribution in [0, 0.1) is 0 Å². The van der Waals surface area contributed by atoms with Gasteiger partial charge in [-0.3, -0.25) is 9.78 Å². The highest BCUT2D eigenvalue weighted by Crippen LogP contribution is 2.15. The monoisotopic (exact) mass is 331 g/mol. The molecule has 9 nitrogen and oxygen atoms in total. The van der Waals surface area contributed by atoms with Gasteiger partial charge in [0, 0.05) is 25.8 Å². The van der Waals surface area contributed by atoms with Crippen LogP contribution in [0.25, 0.3) is 0 Å². The Morgan fingerprint density at radius 2 is 2.33 bits per heavy atom.